The lowest BCUT2D eigenvalue weighted by Crippen LogP contribution is -2.34. The molecule has 0 unspecified atom stereocenters. The maximum atomic E-state index is 12.6. The van der Waals surface area contributed by atoms with Gasteiger partial charge in [0.15, 0.2) is 5.75 Å². The van der Waals surface area contributed by atoms with Crippen molar-refractivity contribution in [1.29, 1.82) is 0 Å². The standard InChI is InChI=1S/C35H27N9O18S5/c1-17(45)36-25-14-23(66(52,53)54)11-19-12-26(65-62-60-51)30(31(47)29(19)25)43-42-24-13-21(6-9-27(24)67(55,56)57)38-34-39-33(40-35(41-34)44-10-2-3-18(15-44)32(48)49)37-20-4-7-22(8-5-20)64-58-28(46)16-63-61-59-50/h2-15H,16H2,1H3,(H8-,36,37,38,39,40,41,42,45,47,48,49,50,51,52,53,54,55,56,57)/p+1. The summed E-state index contributed by atoms with van der Waals surface area (Å²) in [5.41, 5.74) is -1.16. The van der Waals surface area contributed by atoms with E-state index in [4.69, 9.17) is 14.7 Å². The Morgan fingerprint density at radius 3 is 2.15 bits per heavy atom. The van der Waals surface area contributed by atoms with Crippen LogP contribution in [0.1, 0.15) is 17.3 Å². The van der Waals surface area contributed by atoms with Crippen molar-refractivity contribution < 1.29 is 88.5 Å². The molecular formula is C35H28N9O18S5+. The van der Waals surface area contributed by atoms with E-state index in [2.05, 4.69) is 59.9 Å². The van der Waals surface area contributed by atoms with Gasteiger partial charge in [0.25, 0.3) is 20.2 Å². The van der Waals surface area contributed by atoms with Crippen molar-refractivity contribution in [3.8, 4) is 11.7 Å². The number of phenols is 1. The summed E-state index contributed by atoms with van der Waals surface area (Å²) in [6, 6.07) is 15.1. The maximum absolute atomic E-state index is 12.6. The number of pyridine rings is 1. The lowest BCUT2D eigenvalue weighted by Gasteiger charge is -2.14. The number of aromatic nitrogens is 4. The number of phenolic OH excluding ortho intramolecular Hbond substituents is 1. The molecule has 1 amide bonds. The minimum Gasteiger partial charge on any atom is -0.505 e. The van der Waals surface area contributed by atoms with Crippen LogP contribution in [0, 0.1) is 0 Å². The molecule has 6 rings (SSSR count). The number of nitrogens with one attached hydrogen (secondary N) is 3. The highest BCUT2D eigenvalue weighted by Gasteiger charge is 2.24. The fourth-order valence-corrected chi connectivity index (χ4v) is 7.95. The van der Waals surface area contributed by atoms with Crippen molar-refractivity contribution in [3.63, 3.8) is 0 Å². The Morgan fingerprint density at radius 2 is 1.51 bits per heavy atom. The van der Waals surface area contributed by atoms with E-state index in [0.29, 0.717) is 22.6 Å². The number of carboxylic acid groups (broad SMARTS) is 1. The third kappa shape index (κ3) is 13.3. The molecule has 2 aromatic heterocycles. The van der Waals surface area contributed by atoms with Gasteiger partial charge in [-0.15, -0.1) is 23.9 Å². The molecule has 0 saturated carbocycles. The number of carbonyl (C=O) groups excluding carboxylic acids is 2. The third-order valence-electron chi connectivity index (χ3n) is 8.14. The Bertz CT molecular complexity index is 3130. The predicted octanol–water partition coefficient (Wildman–Crippen LogP) is 6.11. The molecule has 9 N–H and O–H groups in total. The average Bonchev–Trinajstić information content (AvgIpc) is 3.26. The van der Waals surface area contributed by atoms with Gasteiger partial charge in [-0.1, -0.05) is 10.1 Å². The van der Waals surface area contributed by atoms with Crippen molar-refractivity contribution in [2.75, 3.05) is 21.7 Å². The second-order valence-electron chi connectivity index (χ2n) is 12.7. The zero-order chi connectivity index (χ0) is 48.5. The average molecular weight is 1020 g/mol. The summed E-state index contributed by atoms with van der Waals surface area (Å²) in [6.45, 7) is 1.07. The van der Waals surface area contributed by atoms with Gasteiger partial charge in [-0.3, -0.25) is 18.7 Å². The Labute approximate surface area is 388 Å². The van der Waals surface area contributed by atoms with E-state index in [1.807, 2.05) is 0 Å². The highest BCUT2D eigenvalue weighted by atomic mass is 32.2. The lowest BCUT2D eigenvalue weighted by molar-refractivity contribution is -0.603. The van der Waals surface area contributed by atoms with Gasteiger partial charge in [0.2, 0.25) is 5.91 Å². The number of fused-ring (bicyclic) bond motifs is 1. The van der Waals surface area contributed by atoms with Gasteiger partial charge in [-0.2, -0.15) is 16.8 Å². The minimum absolute atomic E-state index is 0.00135. The van der Waals surface area contributed by atoms with Gasteiger partial charge in [0.1, 0.15) is 22.0 Å². The zero-order valence-electron chi connectivity index (χ0n) is 33.1. The Hall–Kier alpha value is -6.66. The van der Waals surface area contributed by atoms with Gasteiger partial charge < -0.3 is 30.3 Å². The molecule has 0 fully saturated rings. The molecule has 0 aliphatic rings. The van der Waals surface area contributed by atoms with E-state index in [-0.39, 0.29) is 68.2 Å². The van der Waals surface area contributed by atoms with Crippen molar-refractivity contribution in [3.05, 3.63) is 90.8 Å². The van der Waals surface area contributed by atoms with Gasteiger partial charge in [-0.05, 0) is 88.2 Å². The smallest absolute Gasteiger partial charge is 0.444 e. The second kappa shape index (κ2) is 21.8. The zero-order valence-corrected chi connectivity index (χ0v) is 37.2. The number of nitrogens with zero attached hydrogens (tertiary/aromatic N) is 6. The molecule has 4 aromatic carbocycles. The van der Waals surface area contributed by atoms with Crippen LogP contribution in [0.4, 0.5) is 40.3 Å². The lowest BCUT2D eigenvalue weighted by atomic mass is 10.1. The number of azo groups is 1. The highest BCUT2D eigenvalue weighted by Crippen LogP contribution is 2.47. The van der Waals surface area contributed by atoms with Gasteiger partial charge in [0.05, 0.1) is 57.5 Å². The SMILES string of the molecule is CC(=O)Nc1cc(S(=O)(=O)O)cc2cc(SOOO)c(N=Nc3cc(Nc4nc(Nc5ccc(SOC(=O)CSOOO)cc5)nc(-[n+]5cccc(C(=O)O)c5)n4)ccc3S(=O)(=O)O)c(O)c12. The van der Waals surface area contributed by atoms with Crippen LogP contribution in [0.2, 0.25) is 0 Å². The topological polar surface area (TPSA) is 390 Å². The van der Waals surface area contributed by atoms with Gasteiger partial charge in [0, 0.05) is 40.6 Å². The third-order valence-corrected chi connectivity index (χ3v) is 11.7. The number of carbonyl (C=O) groups is 3. The normalized spacial score (nSPS) is 11.7. The van der Waals surface area contributed by atoms with Gasteiger partial charge in [-0.25, -0.2) is 19.9 Å². The van der Waals surface area contributed by atoms with Crippen LogP contribution in [0.25, 0.3) is 16.7 Å². The van der Waals surface area contributed by atoms with E-state index >= 15 is 0 Å². The maximum Gasteiger partial charge on any atom is 0.444 e. The molecule has 6 aromatic rings. The summed E-state index contributed by atoms with van der Waals surface area (Å²) in [7, 11) is -9.92. The largest absolute Gasteiger partial charge is 0.505 e. The monoisotopic (exact) mass is 1020 g/mol. The molecule has 0 atom stereocenters. The molecule has 0 aliphatic carbocycles. The van der Waals surface area contributed by atoms with Gasteiger partial charge >= 0.3 is 29.8 Å². The Balaban J connectivity index is 1.39. The molecule has 350 valence electrons. The van der Waals surface area contributed by atoms with Crippen molar-refractivity contribution in [1.82, 2.24) is 15.0 Å². The fourth-order valence-electron chi connectivity index (χ4n) is 5.49. The van der Waals surface area contributed by atoms with Crippen molar-refractivity contribution >= 4 is 125 Å². The van der Waals surface area contributed by atoms with Crippen molar-refractivity contribution in [2.24, 2.45) is 10.2 Å². The number of aromatic hydroxyl groups is 1. The number of hydrogen-bond acceptors (Lipinski definition) is 25. The minimum atomic E-state index is -5.05. The molecule has 0 radical (unpaired) electrons. The van der Waals surface area contributed by atoms with E-state index in [1.165, 1.54) is 35.2 Å². The molecular weight excluding hydrogens is 995 g/mol. The van der Waals surface area contributed by atoms with Crippen LogP contribution >= 0.6 is 36.1 Å². The molecule has 0 aliphatic heterocycles. The Kier molecular flexibility index (Phi) is 16.2. The molecule has 0 spiro atoms. The number of benzene rings is 4. The predicted molar refractivity (Wildman–Crippen MR) is 231 cm³/mol. The highest BCUT2D eigenvalue weighted by molar-refractivity contribution is 7.96. The molecule has 0 bridgehead atoms. The first-order chi connectivity index (χ1) is 31.8. The van der Waals surface area contributed by atoms with Crippen LogP contribution in [-0.4, -0.2) is 85.2 Å². The van der Waals surface area contributed by atoms with Crippen molar-refractivity contribution in [2.45, 2.75) is 26.5 Å². The number of rotatable bonds is 20. The number of anilines is 5. The number of hydrogen-bond donors (Lipinski definition) is 9. The second-order valence-corrected chi connectivity index (χ2v) is 17.7. The van der Waals surface area contributed by atoms with E-state index in [9.17, 15) is 50.5 Å². The van der Waals surface area contributed by atoms with Crippen LogP contribution in [0.3, 0.4) is 0 Å². The molecule has 32 heteroatoms. The van der Waals surface area contributed by atoms with E-state index in [0.717, 1.165) is 49.3 Å². The van der Waals surface area contributed by atoms with Crippen LogP contribution in [0.15, 0.2) is 115 Å². The molecule has 0 saturated heterocycles. The quantitative estimate of drug-likeness (QED) is 0.00792. The first-order valence-electron chi connectivity index (χ1n) is 17.7. The number of carboxylic acids is 1. The van der Waals surface area contributed by atoms with E-state index < -0.39 is 65.0 Å². The summed E-state index contributed by atoms with van der Waals surface area (Å²) in [4.78, 5) is 47.6. The number of amides is 1. The molecule has 27 nitrogen and oxygen atoms in total. The summed E-state index contributed by atoms with van der Waals surface area (Å²) >= 11 is 1.43. The summed E-state index contributed by atoms with van der Waals surface area (Å²) < 4.78 is 84.0. The first-order valence-corrected chi connectivity index (χ1v) is 23.0. The first kappa shape index (κ1) is 49.8. The van der Waals surface area contributed by atoms with Crippen LogP contribution < -0.4 is 20.5 Å². The molecule has 2 heterocycles. The molecule has 67 heavy (non-hydrogen) atoms. The van der Waals surface area contributed by atoms with E-state index in [1.54, 1.807) is 24.3 Å². The summed E-state index contributed by atoms with van der Waals surface area (Å²) in [5.74, 6) is -4.25. The Morgan fingerprint density at radius 1 is 0.821 bits per heavy atom. The fraction of sp³-hybridized carbons (Fsp3) is 0.0571. The number of aromatic carboxylic acids is 1. The van der Waals surface area contributed by atoms with Crippen LogP contribution in [-0.2, 0) is 52.8 Å². The summed E-state index contributed by atoms with van der Waals surface area (Å²) in [5, 5.41) is 60.9. The summed E-state index contributed by atoms with van der Waals surface area (Å²) in [6.07, 6.45) is 2.67. The van der Waals surface area contributed by atoms with Crippen LogP contribution in [0.5, 0.6) is 5.75 Å².